The summed E-state index contributed by atoms with van der Waals surface area (Å²) in [5.41, 5.74) is 4.96. The Bertz CT molecular complexity index is 251. The number of piperidine rings is 1. The second kappa shape index (κ2) is 6.33. The van der Waals surface area contributed by atoms with Crippen molar-refractivity contribution in [2.24, 2.45) is 11.7 Å². The van der Waals surface area contributed by atoms with Crippen LogP contribution in [0.3, 0.4) is 0 Å². The lowest BCUT2D eigenvalue weighted by Crippen LogP contribution is -2.47. The first-order chi connectivity index (χ1) is 7.94. The van der Waals surface area contributed by atoms with E-state index in [0.29, 0.717) is 19.7 Å². The number of esters is 1. The molecule has 1 saturated heterocycles. The van der Waals surface area contributed by atoms with Crippen LogP contribution >= 0.6 is 0 Å². The molecular weight excluding hydrogens is 220 g/mol. The molecule has 0 saturated carbocycles. The molecule has 5 nitrogen and oxygen atoms in total. The highest BCUT2D eigenvalue weighted by atomic mass is 16.6. The zero-order chi connectivity index (χ0) is 12.9. The van der Waals surface area contributed by atoms with E-state index in [0.717, 1.165) is 13.0 Å². The first-order valence-electron chi connectivity index (χ1n) is 6.19. The Balaban J connectivity index is 2.54. The van der Waals surface area contributed by atoms with Crippen LogP contribution in [0.25, 0.3) is 0 Å². The Morgan fingerprint density at radius 1 is 1.47 bits per heavy atom. The lowest BCUT2D eigenvalue weighted by atomic mass is 9.95. The second-order valence-corrected chi connectivity index (χ2v) is 5.33. The highest BCUT2D eigenvalue weighted by Crippen LogP contribution is 2.20. The van der Waals surface area contributed by atoms with E-state index in [9.17, 15) is 4.79 Å². The van der Waals surface area contributed by atoms with Gasteiger partial charge >= 0.3 is 5.97 Å². The summed E-state index contributed by atoms with van der Waals surface area (Å²) in [5, 5.41) is 3.20. The van der Waals surface area contributed by atoms with Crippen LogP contribution in [0.15, 0.2) is 0 Å². The fraction of sp³-hybridized carbons (Fsp3) is 0.917. The number of hydrogen-bond donors (Lipinski definition) is 2. The molecule has 1 aliphatic rings. The summed E-state index contributed by atoms with van der Waals surface area (Å²) in [6.07, 6.45) is 0.749. The van der Waals surface area contributed by atoms with Crippen LogP contribution in [0.4, 0.5) is 0 Å². The summed E-state index contributed by atoms with van der Waals surface area (Å²) in [6, 6.07) is 0. The van der Waals surface area contributed by atoms with Crippen molar-refractivity contribution in [3.63, 3.8) is 0 Å². The topological polar surface area (TPSA) is 73.6 Å². The van der Waals surface area contributed by atoms with Crippen molar-refractivity contribution in [1.29, 1.82) is 0 Å². The van der Waals surface area contributed by atoms with E-state index in [-0.39, 0.29) is 18.0 Å². The average molecular weight is 244 g/mol. The molecule has 0 aromatic carbocycles. The number of carbonyl (C=O) groups is 1. The first-order valence-corrected chi connectivity index (χ1v) is 6.19. The van der Waals surface area contributed by atoms with Crippen LogP contribution in [-0.2, 0) is 14.3 Å². The summed E-state index contributed by atoms with van der Waals surface area (Å²) in [4.78, 5) is 12.0. The number of rotatable bonds is 4. The molecule has 0 radical (unpaired) electrons. The predicted octanol–water partition coefficient (Wildman–Crippen LogP) is 0.282. The summed E-state index contributed by atoms with van der Waals surface area (Å²) >= 11 is 0. The Kier molecular flexibility index (Phi) is 5.36. The van der Waals surface area contributed by atoms with Gasteiger partial charge in [0.2, 0.25) is 0 Å². The normalized spacial score (nSPS) is 25.6. The van der Waals surface area contributed by atoms with E-state index in [1.807, 2.05) is 20.8 Å². The fourth-order valence-corrected chi connectivity index (χ4v) is 1.87. The van der Waals surface area contributed by atoms with Gasteiger partial charge < -0.3 is 20.5 Å². The van der Waals surface area contributed by atoms with Crippen molar-refractivity contribution >= 4 is 5.97 Å². The third-order valence-corrected chi connectivity index (χ3v) is 2.58. The van der Waals surface area contributed by atoms with Gasteiger partial charge in [-0.05, 0) is 33.7 Å². The molecule has 0 aliphatic carbocycles. The maximum absolute atomic E-state index is 12.0. The van der Waals surface area contributed by atoms with Crippen LogP contribution in [0, 0.1) is 5.92 Å². The predicted molar refractivity (Wildman–Crippen MR) is 65.6 cm³/mol. The monoisotopic (exact) mass is 244 g/mol. The Morgan fingerprint density at radius 2 is 2.18 bits per heavy atom. The minimum absolute atomic E-state index is 0.0744. The SMILES string of the molecule is CC(C)(C)OC(=O)C1CNCCC1OCCN. The number of ether oxygens (including phenoxy) is 2. The molecule has 3 N–H and O–H groups in total. The Labute approximate surface area is 103 Å². The lowest BCUT2D eigenvalue weighted by Gasteiger charge is -2.32. The van der Waals surface area contributed by atoms with Crippen LogP contribution in [-0.4, -0.2) is 43.9 Å². The average Bonchev–Trinajstić information content (AvgIpc) is 2.24. The van der Waals surface area contributed by atoms with E-state index in [1.165, 1.54) is 0 Å². The van der Waals surface area contributed by atoms with Gasteiger partial charge in [-0.25, -0.2) is 0 Å². The van der Waals surface area contributed by atoms with Crippen molar-refractivity contribution in [3.8, 4) is 0 Å². The van der Waals surface area contributed by atoms with Crippen molar-refractivity contribution in [3.05, 3.63) is 0 Å². The quantitative estimate of drug-likeness (QED) is 0.695. The van der Waals surface area contributed by atoms with Gasteiger partial charge in [0.05, 0.1) is 18.6 Å². The second-order valence-electron chi connectivity index (χ2n) is 5.33. The summed E-state index contributed by atoms with van der Waals surface area (Å²) < 4.78 is 11.0. The largest absolute Gasteiger partial charge is 0.460 e. The molecular formula is C12H24N2O3. The van der Waals surface area contributed by atoms with Crippen molar-refractivity contribution in [2.75, 3.05) is 26.2 Å². The smallest absolute Gasteiger partial charge is 0.313 e. The molecule has 1 heterocycles. The molecule has 0 amide bonds. The zero-order valence-corrected chi connectivity index (χ0v) is 11.0. The Hall–Kier alpha value is -0.650. The molecule has 2 atom stereocenters. The van der Waals surface area contributed by atoms with E-state index >= 15 is 0 Å². The zero-order valence-electron chi connectivity index (χ0n) is 11.0. The van der Waals surface area contributed by atoms with Crippen LogP contribution in [0.1, 0.15) is 27.2 Å². The standard InChI is InChI=1S/C12H24N2O3/c1-12(2,3)17-11(15)9-8-14-6-4-10(9)16-7-5-13/h9-10,14H,4-8,13H2,1-3H3. The molecule has 1 rings (SSSR count). The molecule has 1 aliphatic heterocycles. The third kappa shape index (κ3) is 5.02. The van der Waals surface area contributed by atoms with E-state index in [2.05, 4.69) is 5.32 Å². The van der Waals surface area contributed by atoms with Gasteiger partial charge in [-0.1, -0.05) is 0 Å². The lowest BCUT2D eigenvalue weighted by molar-refractivity contribution is -0.166. The highest BCUT2D eigenvalue weighted by Gasteiger charge is 2.34. The molecule has 0 bridgehead atoms. The van der Waals surface area contributed by atoms with Gasteiger partial charge in [-0.2, -0.15) is 0 Å². The number of nitrogens with two attached hydrogens (primary N) is 1. The molecule has 0 aromatic heterocycles. The van der Waals surface area contributed by atoms with Crippen LogP contribution in [0.5, 0.6) is 0 Å². The fourth-order valence-electron chi connectivity index (χ4n) is 1.87. The Morgan fingerprint density at radius 3 is 2.76 bits per heavy atom. The molecule has 100 valence electrons. The van der Waals surface area contributed by atoms with Crippen LogP contribution < -0.4 is 11.1 Å². The molecule has 0 aromatic rings. The van der Waals surface area contributed by atoms with Crippen molar-refractivity contribution in [1.82, 2.24) is 5.32 Å². The van der Waals surface area contributed by atoms with Crippen molar-refractivity contribution < 1.29 is 14.3 Å². The van der Waals surface area contributed by atoms with Gasteiger partial charge in [-0.3, -0.25) is 4.79 Å². The number of carbonyl (C=O) groups excluding carboxylic acids is 1. The summed E-state index contributed by atoms with van der Waals surface area (Å²) in [6.45, 7) is 8.07. The van der Waals surface area contributed by atoms with E-state index in [4.69, 9.17) is 15.2 Å². The van der Waals surface area contributed by atoms with Gasteiger partial charge in [0.25, 0.3) is 0 Å². The molecule has 2 unspecified atom stereocenters. The first kappa shape index (κ1) is 14.4. The van der Waals surface area contributed by atoms with E-state index in [1.54, 1.807) is 0 Å². The van der Waals surface area contributed by atoms with E-state index < -0.39 is 5.60 Å². The number of hydrogen-bond acceptors (Lipinski definition) is 5. The van der Waals surface area contributed by atoms with Gasteiger partial charge in [0.15, 0.2) is 0 Å². The molecule has 17 heavy (non-hydrogen) atoms. The van der Waals surface area contributed by atoms with Crippen molar-refractivity contribution in [2.45, 2.75) is 38.9 Å². The van der Waals surface area contributed by atoms with Crippen LogP contribution in [0.2, 0.25) is 0 Å². The van der Waals surface area contributed by atoms with Gasteiger partial charge in [-0.15, -0.1) is 0 Å². The third-order valence-electron chi connectivity index (χ3n) is 2.58. The highest BCUT2D eigenvalue weighted by molar-refractivity contribution is 5.74. The maximum atomic E-state index is 12.0. The molecule has 1 fully saturated rings. The molecule has 0 spiro atoms. The minimum atomic E-state index is -0.451. The molecule has 5 heteroatoms. The van der Waals surface area contributed by atoms with Gasteiger partial charge in [0.1, 0.15) is 5.60 Å². The summed E-state index contributed by atoms with van der Waals surface area (Å²) in [5.74, 6) is -0.416. The van der Waals surface area contributed by atoms with Gasteiger partial charge in [0, 0.05) is 13.1 Å². The number of nitrogens with one attached hydrogen (secondary N) is 1. The maximum Gasteiger partial charge on any atom is 0.313 e. The minimum Gasteiger partial charge on any atom is -0.460 e. The summed E-state index contributed by atoms with van der Waals surface area (Å²) in [7, 11) is 0.